The molecule has 1 aliphatic carbocycles. The minimum Gasteiger partial charge on any atom is -0.507 e. The quantitative estimate of drug-likeness (QED) is 0.0917. The Bertz CT molecular complexity index is 1760. The molecule has 1 aliphatic heterocycles. The van der Waals surface area contributed by atoms with Crippen molar-refractivity contribution in [2.24, 2.45) is 17.8 Å². The van der Waals surface area contributed by atoms with Crippen molar-refractivity contribution in [1.82, 2.24) is 0 Å². The third kappa shape index (κ3) is 7.51. The number of carbonyl (C=O) groups excluding carboxylic acids is 3. The number of methoxy groups -OCH3 is 1. The van der Waals surface area contributed by atoms with E-state index in [-0.39, 0.29) is 42.1 Å². The van der Waals surface area contributed by atoms with Crippen LogP contribution in [-0.2, 0) is 17.6 Å². The molecular weight excluding hydrogens is 600 g/mol. The molecule has 2 N–H and O–H groups in total. The molecule has 47 heavy (non-hydrogen) atoms. The molecule has 9 heteroatoms. The first-order valence-corrected chi connectivity index (χ1v) is 15.7. The Morgan fingerprint density at radius 1 is 0.872 bits per heavy atom. The summed E-state index contributed by atoms with van der Waals surface area (Å²) in [5.74, 6) is -0.436. The number of Topliss-reactive ketones (excluding diaryl/α,β-unsaturated/α-hetero) is 1. The lowest BCUT2D eigenvalue weighted by molar-refractivity contribution is -0.135. The van der Waals surface area contributed by atoms with Crippen LogP contribution in [0.25, 0.3) is 0 Å². The maximum atomic E-state index is 13.5. The SMILES string of the molecule is COc1cc(C[C@H](C)[C@H](C)Cc2ccc3c(c2)OCO3)ccc1OC(=O)CC(CC=C(C)C)C1=CC(=O)c2c(O)ccc(O)c2C1=O. The van der Waals surface area contributed by atoms with Crippen LogP contribution in [0.5, 0.6) is 34.5 Å². The molecule has 3 atom stereocenters. The van der Waals surface area contributed by atoms with E-state index in [1.165, 1.54) is 18.7 Å². The maximum Gasteiger partial charge on any atom is 0.311 e. The van der Waals surface area contributed by atoms with Gasteiger partial charge in [-0.25, -0.2) is 0 Å². The van der Waals surface area contributed by atoms with Crippen LogP contribution < -0.4 is 18.9 Å². The van der Waals surface area contributed by atoms with Crippen molar-refractivity contribution >= 4 is 17.5 Å². The lowest BCUT2D eigenvalue weighted by Crippen LogP contribution is -2.25. The average molecular weight is 641 g/mol. The number of allylic oxidation sites excluding steroid dienone is 4. The zero-order chi connectivity index (χ0) is 33.8. The van der Waals surface area contributed by atoms with Crippen molar-refractivity contribution in [2.75, 3.05) is 13.9 Å². The van der Waals surface area contributed by atoms with E-state index < -0.39 is 35.0 Å². The molecule has 5 rings (SSSR count). The zero-order valence-corrected chi connectivity index (χ0v) is 27.3. The molecule has 1 heterocycles. The third-order valence-electron chi connectivity index (χ3n) is 8.82. The highest BCUT2D eigenvalue weighted by Gasteiger charge is 2.35. The Morgan fingerprint density at radius 2 is 1.51 bits per heavy atom. The second-order valence-electron chi connectivity index (χ2n) is 12.6. The van der Waals surface area contributed by atoms with E-state index >= 15 is 0 Å². The molecule has 0 spiro atoms. The van der Waals surface area contributed by atoms with E-state index in [1.54, 1.807) is 6.07 Å². The van der Waals surface area contributed by atoms with Crippen LogP contribution in [0, 0.1) is 17.8 Å². The fraction of sp³-hybridized carbons (Fsp3) is 0.342. The van der Waals surface area contributed by atoms with Crippen LogP contribution in [0.2, 0.25) is 0 Å². The monoisotopic (exact) mass is 640 g/mol. The van der Waals surface area contributed by atoms with Crippen LogP contribution in [0.15, 0.2) is 71.8 Å². The Hall–Kier alpha value is -5.05. The number of hydrogen-bond donors (Lipinski definition) is 2. The number of hydrogen-bond acceptors (Lipinski definition) is 9. The molecule has 0 amide bonds. The molecule has 0 saturated heterocycles. The van der Waals surface area contributed by atoms with Crippen LogP contribution in [0.3, 0.4) is 0 Å². The van der Waals surface area contributed by atoms with Crippen molar-refractivity contribution in [2.45, 2.75) is 53.4 Å². The summed E-state index contributed by atoms with van der Waals surface area (Å²) in [6.07, 6.45) is 4.77. The number of ether oxygens (including phenoxy) is 4. The van der Waals surface area contributed by atoms with Gasteiger partial charge in [-0.2, -0.15) is 0 Å². The number of phenolic OH excluding ortho intramolecular Hbond substituents is 2. The summed E-state index contributed by atoms with van der Waals surface area (Å²) in [5.41, 5.74) is 2.75. The van der Waals surface area contributed by atoms with E-state index in [1.807, 2.05) is 44.2 Å². The van der Waals surface area contributed by atoms with Crippen LogP contribution >= 0.6 is 0 Å². The highest BCUT2D eigenvalue weighted by Crippen LogP contribution is 2.39. The fourth-order valence-electron chi connectivity index (χ4n) is 5.99. The summed E-state index contributed by atoms with van der Waals surface area (Å²) < 4.78 is 22.3. The number of aromatic hydroxyl groups is 2. The number of benzene rings is 3. The van der Waals surface area contributed by atoms with Gasteiger partial charge in [0, 0.05) is 11.5 Å². The molecule has 1 unspecified atom stereocenters. The van der Waals surface area contributed by atoms with Gasteiger partial charge in [0.1, 0.15) is 11.5 Å². The van der Waals surface area contributed by atoms with Crippen LogP contribution in [-0.4, -0.2) is 41.7 Å². The van der Waals surface area contributed by atoms with Crippen LogP contribution in [0.4, 0.5) is 0 Å². The van der Waals surface area contributed by atoms with Gasteiger partial charge in [0.2, 0.25) is 6.79 Å². The number of ketones is 2. The number of phenols is 2. The molecule has 0 fully saturated rings. The van der Waals surface area contributed by atoms with Crippen molar-refractivity contribution in [3.63, 3.8) is 0 Å². The summed E-state index contributed by atoms with van der Waals surface area (Å²) >= 11 is 0. The highest BCUT2D eigenvalue weighted by molar-refractivity contribution is 6.26. The molecule has 0 radical (unpaired) electrons. The van der Waals surface area contributed by atoms with E-state index in [9.17, 15) is 24.6 Å². The lowest BCUT2D eigenvalue weighted by atomic mass is 9.80. The first-order chi connectivity index (χ1) is 22.4. The molecule has 3 aromatic carbocycles. The van der Waals surface area contributed by atoms with Crippen molar-refractivity contribution < 1.29 is 43.5 Å². The van der Waals surface area contributed by atoms with Gasteiger partial charge in [-0.1, -0.05) is 37.6 Å². The molecule has 3 aromatic rings. The predicted molar refractivity (Wildman–Crippen MR) is 176 cm³/mol. The maximum absolute atomic E-state index is 13.5. The average Bonchev–Trinajstić information content (AvgIpc) is 3.50. The largest absolute Gasteiger partial charge is 0.507 e. The van der Waals surface area contributed by atoms with Gasteiger partial charge in [-0.05, 0) is 98.5 Å². The minimum absolute atomic E-state index is 0.0732. The first-order valence-electron chi connectivity index (χ1n) is 15.7. The number of fused-ring (bicyclic) bond motifs is 2. The molecule has 246 valence electrons. The number of rotatable bonds is 12. The Labute approximate surface area is 274 Å². The van der Waals surface area contributed by atoms with Gasteiger partial charge in [-0.15, -0.1) is 0 Å². The third-order valence-corrected chi connectivity index (χ3v) is 8.82. The smallest absolute Gasteiger partial charge is 0.311 e. The fourth-order valence-corrected chi connectivity index (χ4v) is 5.99. The van der Waals surface area contributed by atoms with Crippen LogP contribution in [0.1, 0.15) is 72.4 Å². The molecule has 0 saturated carbocycles. The van der Waals surface area contributed by atoms with Crippen molar-refractivity contribution in [1.29, 1.82) is 0 Å². The Kier molecular flexibility index (Phi) is 10.0. The second kappa shape index (κ2) is 14.2. The molecule has 9 nitrogen and oxygen atoms in total. The molecule has 0 aromatic heterocycles. The zero-order valence-electron chi connectivity index (χ0n) is 27.3. The van der Waals surface area contributed by atoms with E-state index in [0.29, 0.717) is 17.6 Å². The number of carbonyl (C=O) groups is 3. The minimum atomic E-state index is -0.707. The van der Waals surface area contributed by atoms with Gasteiger partial charge in [0.25, 0.3) is 0 Å². The highest BCUT2D eigenvalue weighted by atomic mass is 16.7. The normalized spacial score (nSPS) is 15.3. The summed E-state index contributed by atoms with van der Waals surface area (Å²) in [6.45, 7) is 8.46. The first kappa shape index (κ1) is 33.3. The van der Waals surface area contributed by atoms with Crippen molar-refractivity contribution in [3.8, 4) is 34.5 Å². The van der Waals surface area contributed by atoms with Gasteiger partial charge in [0.15, 0.2) is 34.6 Å². The number of esters is 1. The molecule has 2 aliphatic rings. The van der Waals surface area contributed by atoms with Gasteiger partial charge < -0.3 is 29.2 Å². The Morgan fingerprint density at radius 3 is 2.19 bits per heavy atom. The predicted octanol–water partition coefficient (Wildman–Crippen LogP) is 7.17. The summed E-state index contributed by atoms with van der Waals surface area (Å²) in [4.78, 5) is 39.7. The lowest BCUT2D eigenvalue weighted by Gasteiger charge is -2.23. The second-order valence-corrected chi connectivity index (χ2v) is 12.6. The molecular formula is C38H40O9. The van der Waals surface area contributed by atoms with Gasteiger partial charge in [0.05, 0.1) is 24.7 Å². The summed E-state index contributed by atoms with van der Waals surface area (Å²) in [7, 11) is 1.51. The van der Waals surface area contributed by atoms with Gasteiger partial charge in [-0.3, -0.25) is 14.4 Å². The van der Waals surface area contributed by atoms with E-state index in [2.05, 4.69) is 19.9 Å². The summed E-state index contributed by atoms with van der Waals surface area (Å²) in [6, 6.07) is 13.9. The molecule has 0 bridgehead atoms. The van der Waals surface area contributed by atoms with E-state index in [0.717, 1.165) is 47.6 Å². The standard InChI is InChI=1S/C38H40O9/c1-21(2)6-9-26(27-19-30(41)36-28(39)10-11-29(40)37(36)38(27)43)18-35(42)47-32-13-8-24(16-33(32)44-5)14-22(3)23(4)15-25-7-12-31-34(17-25)46-20-45-31/h6-8,10-13,16-17,19,22-23,26,39-40H,9,14-15,18,20H2,1-5H3/t22-,23+,26?/m0/s1. The Balaban J connectivity index is 1.27. The topological polar surface area (TPSA) is 129 Å². The van der Waals surface area contributed by atoms with E-state index in [4.69, 9.17) is 18.9 Å². The van der Waals surface area contributed by atoms with Crippen molar-refractivity contribution in [3.05, 3.63) is 94.1 Å². The van der Waals surface area contributed by atoms with Gasteiger partial charge >= 0.3 is 5.97 Å². The summed E-state index contributed by atoms with van der Waals surface area (Å²) in [5, 5.41) is 20.6.